The number of hydrogen-bond donors (Lipinski definition) is 1. The molecule has 0 aromatic heterocycles. The maximum absolute atomic E-state index is 12.8. The molecular weight excluding hydrogens is 382 g/mol. The van der Waals surface area contributed by atoms with Gasteiger partial charge in [0.1, 0.15) is 11.6 Å². The summed E-state index contributed by atoms with van der Waals surface area (Å²) in [4.78, 5) is 15.2. The second-order valence-corrected chi connectivity index (χ2v) is 9.35. The van der Waals surface area contributed by atoms with Gasteiger partial charge in [-0.2, -0.15) is 5.26 Å². The molecular formula is C27H33N3O. The predicted molar refractivity (Wildman–Crippen MR) is 129 cm³/mol. The summed E-state index contributed by atoms with van der Waals surface area (Å²) in [6, 6.07) is 12.2. The number of fused-ring (bicyclic) bond motifs is 1. The Balaban J connectivity index is 1.96. The van der Waals surface area contributed by atoms with Gasteiger partial charge in [0.25, 0.3) is 5.91 Å². The van der Waals surface area contributed by atoms with Crippen molar-refractivity contribution in [3.05, 3.63) is 63.7 Å². The zero-order valence-electron chi connectivity index (χ0n) is 19.8. The average Bonchev–Trinajstić information content (AvgIpc) is 2.69. The Morgan fingerprint density at radius 2 is 1.90 bits per heavy atom. The Bertz CT molecular complexity index is 1090. The second kappa shape index (κ2) is 8.59. The van der Waals surface area contributed by atoms with Gasteiger partial charge in [-0.1, -0.05) is 13.0 Å². The molecule has 1 amide bonds. The van der Waals surface area contributed by atoms with E-state index in [1.54, 1.807) is 6.08 Å². The monoisotopic (exact) mass is 415 g/mol. The second-order valence-electron chi connectivity index (χ2n) is 9.35. The highest BCUT2D eigenvalue weighted by Crippen LogP contribution is 2.44. The van der Waals surface area contributed by atoms with Crippen LogP contribution in [0.15, 0.2) is 35.9 Å². The summed E-state index contributed by atoms with van der Waals surface area (Å²) < 4.78 is 0. The molecule has 0 radical (unpaired) electrons. The number of benzene rings is 2. The van der Waals surface area contributed by atoms with Crippen molar-refractivity contribution >= 4 is 23.4 Å². The van der Waals surface area contributed by atoms with Crippen molar-refractivity contribution in [2.75, 3.05) is 16.8 Å². The van der Waals surface area contributed by atoms with Crippen LogP contribution in [0.5, 0.6) is 0 Å². The van der Waals surface area contributed by atoms with Gasteiger partial charge in [-0.15, -0.1) is 0 Å². The van der Waals surface area contributed by atoms with Gasteiger partial charge in [0.15, 0.2) is 0 Å². The third-order valence-electron chi connectivity index (χ3n) is 6.52. The Labute approximate surface area is 186 Å². The van der Waals surface area contributed by atoms with Crippen molar-refractivity contribution in [3.63, 3.8) is 0 Å². The minimum absolute atomic E-state index is 0.106. The lowest BCUT2D eigenvalue weighted by atomic mass is 9.79. The number of aryl methyl sites for hydroxylation is 3. The van der Waals surface area contributed by atoms with E-state index in [4.69, 9.17) is 0 Å². The number of carbonyl (C=O) groups excluding carboxylic acids is 1. The van der Waals surface area contributed by atoms with Gasteiger partial charge in [-0.3, -0.25) is 4.79 Å². The van der Waals surface area contributed by atoms with Crippen LogP contribution >= 0.6 is 0 Å². The SMILES string of the molecule is CCN1c2cc(C)c(/C=C(\C#N)C(=O)Nc3ccc(C)c(C)c3)cc2C(C)CC1(C)C. The number of nitrogens with one attached hydrogen (secondary N) is 1. The van der Waals surface area contributed by atoms with Crippen LogP contribution in [0.3, 0.4) is 0 Å². The van der Waals surface area contributed by atoms with Gasteiger partial charge in [0.05, 0.1) is 0 Å². The normalized spacial score (nSPS) is 17.7. The molecule has 1 heterocycles. The Morgan fingerprint density at radius 1 is 1.19 bits per heavy atom. The largest absolute Gasteiger partial charge is 0.366 e. The first-order valence-corrected chi connectivity index (χ1v) is 11.0. The minimum Gasteiger partial charge on any atom is -0.366 e. The number of nitrogens with zero attached hydrogens (tertiary/aromatic N) is 2. The summed E-state index contributed by atoms with van der Waals surface area (Å²) in [5.74, 6) is 0.0303. The highest BCUT2D eigenvalue weighted by atomic mass is 16.1. The molecule has 162 valence electrons. The topological polar surface area (TPSA) is 56.1 Å². The molecule has 1 aliphatic rings. The van der Waals surface area contributed by atoms with Gasteiger partial charge >= 0.3 is 0 Å². The molecule has 2 aromatic rings. The Morgan fingerprint density at radius 3 is 2.52 bits per heavy atom. The standard InChI is InChI=1S/C27H33N3O/c1-8-30-25-12-19(4)21(14-24(25)20(5)15-27(30,6)7)13-22(16-28)26(31)29-23-10-9-17(2)18(3)11-23/h9-14,20H,8,15H2,1-7H3,(H,29,31)/b22-13+. The summed E-state index contributed by atoms with van der Waals surface area (Å²) in [7, 11) is 0. The summed E-state index contributed by atoms with van der Waals surface area (Å²) in [5.41, 5.74) is 7.71. The quantitative estimate of drug-likeness (QED) is 0.473. The fourth-order valence-corrected chi connectivity index (χ4v) is 4.73. The van der Waals surface area contributed by atoms with Crippen LogP contribution in [-0.4, -0.2) is 18.0 Å². The third kappa shape index (κ3) is 4.51. The minimum atomic E-state index is -0.382. The number of rotatable bonds is 4. The Kier molecular flexibility index (Phi) is 6.27. The molecule has 2 aromatic carbocycles. The molecule has 0 fully saturated rings. The first kappa shape index (κ1) is 22.6. The lowest BCUT2D eigenvalue weighted by Crippen LogP contribution is -2.48. The summed E-state index contributed by atoms with van der Waals surface area (Å²) >= 11 is 0. The van der Waals surface area contributed by atoms with Crippen LogP contribution in [0, 0.1) is 32.1 Å². The lowest BCUT2D eigenvalue weighted by molar-refractivity contribution is -0.112. The molecule has 1 N–H and O–H groups in total. The molecule has 0 bridgehead atoms. The van der Waals surface area contributed by atoms with E-state index in [0.717, 1.165) is 35.2 Å². The van der Waals surface area contributed by atoms with Crippen LogP contribution in [0.2, 0.25) is 0 Å². The van der Waals surface area contributed by atoms with Crippen LogP contribution in [0.25, 0.3) is 6.08 Å². The smallest absolute Gasteiger partial charge is 0.266 e. The molecule has 1 unspecified atom stereocenters. The van der Waals surface area contributed by atoms with Crippen molar-refractivity contribution in [2.45, 2.75) is 66.3 Å². The molecule has 1 atom stereocenters. The average molecular weight is 416 g/mol. The summed E-state index contributed by atoms with van der Waals surface area (Å²) in [6.45, 7) is 16.1. The first-order valence-electron chi connectivity index (χ1n) is 11.0. The molecule has 31 heavy (non-hydrogen) atoms. The van der Waals surface area contributed by atoms with E-state index in [1.807, 2.05) is 39.0 Å². The van der Waals surface area contributed by atoms with Gasteiger partial charge in [-0.05, 0) is 112 Å². The van der Waals surface area contributed by atoms with E-state index in [-0.39, 0.29) is 17.0 Å². The Hall–Kier alpha value is -3.06. The summed E-state index contributed by atoms with van der Waals surface area (Å²) in [6.07, 6.45) is 2.78. The maximum Gasteiger partial charge on any atom is 0.266 e. The highest BCUT2D eigenvalue weighted by molar-refractivity contribution is 6.09. The molecule has 4 nitrogen and oxygen atoms in total. The number of nitriles is 1. The van der Waals surface area contributed by atoms with E-state index in [0.29, 0.717) is 11.6 Å². The van der Waals surface area contributed by atoms with Crippen LogP contribution in [0.4, 0.5) is 11.4 Å². The third-order valence-corrected chi connectivity index (χ3v) is 6.52. The van der Waals surface area contributed by atoms with Crippen molar-refractivity contribution in [1.82, 2.24) is 0 Å². The molecule has 0 spiro atoms. The zero-order chi connectivity index (χ0) is 22.9. The van der Waals surface area contributed by atoms with Gasteiger partial charge in [0.2, 0.25) is 0 Å². The number of anilines is 2. The van der Waals surface area contributed by atoms with E-state index in [2.05, 4.69) is 56.1 Å². The molecule has 0 saturated heterocycles. The van der Waals surface area contributed by atoms with Crippen LogP contribution in [-0.2, 0) is 4.79 Å². The predicted octanol–water partition coefficient (Wildman–Crippen LogP) is 6.27. The number of amides is 1. The van der Waals surface area contributed by atoms with Crippen molar-refractivity contribution < 1.29 is 4.79 Å². The number of hydrogen-bond acceptors (Lipinski definition) is 3. The van der Waals surface area contributed by atoms with Gasteiger partial charge in [0, 0.05) is 23.5 Å². The van der Waals surface area contributed by atoms with Gasteiger partial charge < -0.3 is 10.2 Å². The van der Waals surface area contributed by atoms with Crippen LogP contribution < -0.4 is 10.2 Å². The first-order chi connectivity index (χ1) is 14.6. The molecule has 0 aliphatic carbocycles. The van der Waals surface area contributed by atoms with E-state index >= 15 is 0 Å². The molecule has 1 aliphatic heterocycles. The van der Waals surface area contributed by atoms with Gasteiger partial charge in [-0.25, -0.2) is 0 Å². The van der Waals surface area contributed by atoms with Crippen LogP contribution in [0.1, 0.15) is 67.9 Å². The molecule has 0 saturated carbocycles. The zero-order valence-corrected chi connectivity index (χ0v) is 19.8. The number of carbonyl (C=O) groups is 1. The highest BCUT2D eigenvalue weighted by Gasteiger charge is 2.35. The summed E-state index contributed by atoms with van der Waals surface area (Å²) in [5, 5.41) is 12.5. The van der Waals surface area contributed by atoms with Crippen molar-refractivity contribution in [3.8, 4) is 6.07 Å². The van der Waals surface area contributed by atoms with E-state index in [1.165, 1.54) is 11.3 Å². The maximum atomic E-state index is 12.8. The van der Waals surface area contributed by atoms with Crippen molar-refractivity contribution in [2.24, 2.45) is 0 Å². The van der Waals surface area contributed by atoms with E-state index < -0.39 is 0 Å². The fraction of sp³-hybridized carbons (Fsp3) is 0.407. The van der Waals surface area contributed by atoms with E-state index in [9.17, 15) is 10.1 Å². The lowest BCUT2D eigenvalue weighted by Gasteiger charge is -2.47. The molecule has 3 rings (SSSR count). The fourth-order valence-electron chi connectivity index (χ4n) is 4.73. The van der Waals surface area contributed by atoms with Crippen molar-refractivity contribution in [1.29, 1.82) is 5.26 Å². The molecule has 4 heteroatoms.